The Morgan fingerprint density at radius 2 is 2.38 bits per heavy atom. The molecule has 0 spiro atoms. The molecule has 84 valence electrons. The van der Waals surface area contributed by atoms with Crippen molar-refractivity contribution in [1.29, 1.82) is 0 Å². The molecular formula is C11H12N2O2S. The van der Waals surface area contributed by atoms with Crippen molar-refractivity contribution in [2.45, 2.75) is 11.0 Å². The lowest BCUT2D eigenvalue weighted by Gasteiger charge is -2.05. The number of nitrogens with two attached hydrogens (primary N) is 1. The Morgan fingerprint density at radius 3 is 3.00 bits per heavy atom. The van der Waals surface area contributed by atoms with Crippen LogP contribution in [-0.4, -0.2) is 12.1 Å². The van der Waals surface area contributed by atoms with Gasteiger partial charge in [0.2, 0.25) is 0 Å². The highest BCUT2D eigenvalue weighted by atomic mass is 32.2. The van der Waals surface area contributed by atoms with Crippen molar-refractivity contribution in [3.63, 3.8) is 0 Å². The quantitative estimate of drug-likeness (QED) is 0.653. The van der Waals surface area contributed by atoms with E-state index in [1.807, 2.05) is 18.2 Å². The predicted molar refractivity (Wildman–Crippen MR) is 63.5 cm³/mol. The zero-order valence-electron chi connectivity index (χ0n) is 8.84. The summed E-state index contributed by atoms with van der Waals surface area (Å²) in [6, 6.07) is 5.74. The average Bonchev–Trinajstić information content (AvgIpc) is 2.79. The number of hydrogen-bond donors (Lipinski definition) is 1. The Kier molecular flexibility index (Phi) is 3.36. The van der Waals surface area contributed by atoms with Crippen LogP contribution in [0.15, 0.2) is 40.3 Å². The number of benzene rings is 1. The van der Waals surface area contributed by atoms with Crippen LogP contribution in [0.25, 0.3) is 0 Å². The molecule has 0 bridgehead atoms. The van der Waals surface area contributed by atoms with E-state index in [1.54, 1.807) is 19.6 Å². The highest BCUT2D eigenvalue weighted by molar-refractivity contribution is 7.98. The van der Waals surface area contributed by atoms with Gasteiger partial charge in [0, 0.05) is 5.75 Å². The Morgan fingerprint density at radius 1 is 1.50 bits per heavy atom. The van der Waals surface area contributed by atoms with E-state index in [9.17, 15) is 0 Å². The Labute approximate surface area is 97.8 Å². The Balaban J connectivity index is 2.02. The van der Waals surface area contributed by atoms with E-state index < -0.39 is 0 Å². The second kappa shape index (κ2) is 4.94. The van der Waals surface area contributed by atoms with Gasteiger partial charge in [0.25, 0.3) is 5.22 Å². The van der Waals surface area contributed by atoms with Crippen molar-refractivity contribution in [3.05, 3.63) is 36.2 Å². The van der Waals surface area contributed by atoms with Gasteiger partial charge >= 0.3 is 0 Å². The first kappa shape index (κ1) is 10.9. The number of anilines is 1. The van der Waals surface area contributed by atoms with Crippen LogP contribution >= 0.6 is 11.8 Å². The van der Waals surface area contributed by atoms with Gasteiger partial charge in [-0.15, -0.1) is 0 Å². The average molecular weight is 236 g/mol. The molecule has 5 heteroatoms. The first-order valence-corrected chi connectivity index (χ1v) is 5.73. The van der Waals surface area contributed by atoms with E-state index in [0.29, 0.717) is 16.7 Å². The highest BCUT2D eigenvalue weighted by Crippen LogP contribution is 2.26. The third-order valence-electron chi connectivity index (χ3n) is 2.07. The zero-order chi connectivity index (χ0) is 11.4. The Bertz CT molecular complexity index is 457. The zero-order valence-corrected chi connectivity index (χ0v) is 9.66. The van der Waals surface area contributed by atoms with Crippen LogP contribution in [0.3, 0.4) is 0 Å². The van der Waals surface area contributed by atoms with Gasteiger partial charge in [-0.1, -0.05) is 17.8 Å². The molecular weight excluding hydrogens is 224 g/mol. The number of ether oxygens (including phenoxy) is 1. The summed E-state index contributed by atoms with van der Waals surface area (Å²) in [4.78, 5) is 4.03. The summed E-state index contributed by atoms with van der Waals surface area (Å²) in [6.45, 7) is 0. The molecule has 0 unspecified atom stereocenters. The van der Waals surface area contributed by atoms with Crippen molar-refractivity contribution < 1.29 is 9.15 Å². The number of aromatic nitrogens is 1. The SMILES string of the molecule is COc1ccc(CSc2ncco2)cc1N. The molecule has 0 atom stereocenters. The van der Waals surface area contributed by atoms with Crippen LogP contribution in [0.1, 0.15) is 5.56 Å². The molecule has 0 amide bonds. The summed E-state index contributed by atoms with van der Waals surface area (Å²) in [5, 5.41) is 0.661. The maximum Gasteiger partial charge on any atom is 0.255 e. The van der Waals surface area contributed by atoms with Gasteiger partial charge in [-0.3, -0.25) is 0 Å². The monoisotopic (exact) mass is 236 g/mol. The smallest absolute Gasteiger partial charge is 0.255 e. The molecule has 0 aliphatic carbocycles. The molecule has 1 aromatic carbocycles. The van der Waals surface area contributed by atoms with Crippen molar-refractivity contribution in [3.8, 4) is 5.75 Å². The van der Waals surface area contributed by atoms with Crippen molar-refractivity contribution in [1.82, 2.24) is 4.98 Å². The molecule has 2 aromatic rings. The number of thioether (sulfide) groups is 1. The third-order valence-corrected chi connectivity index (χ3v) is 2.99. The van der Waals surface area contributed by atoms with Gasteiger partial charge in [0.1, 0.15) is 12.0 Å². The molecule has 2 N–H and O–H groups in total. The molecule has 0 saturated heterocycles. The number of nitrogen functional groups attached to an aromatic ring is 1. The topological polar surface area (TPSA) is 61.3 Å². The molecule has 0 aliphatic heterocycles. The van der Waals surface area contributed by atoms with Gasteiger partial charge in [0.15, 0.2) is 0 Å². The highest BCUT2D eigenvalue weighted by Gasteiger charge is 2.03. The molecule has 16 heavy (non-hydrogen) atoms. The summed E-state index contributed by atoms with van der Waals surface area (Å²) >= 11 is 1.53. The third kappa shape index (κ3) is 2.49. The number of nitrogens with zero attached hydrogens (tertiary/aromatic N) is 1. The van der Waals surface area contributed by atoms with E-state index in [2.05, 4.69) is 4.98 Å². The van der Waals surface area contributed by atoms with Crippen LogP contribution < -0.4 is 10.5 Å². The van der Waals surface area contributed by atoms with Gasteiger partial charge in [-0.05, 0) is 17.7 Å². The number of oxazole rings is 1. The fourth-order valence-corrected chi connectivity index (χ4v) is 2.03. The predicted octanol–water partition coefficient (Wildman–Crippen LogP) is 2.56. The van der Waals surface area contributed by atoms with E-state index in [4.69, 9.17) is 14.9 Å². The lowest BCUT2D eigenvalue weighted by molar-refractivity contribution is 0.417. The minimum absolute atomic E-state index is 0.646. The normalized spacial score (nSPS) is 10.3. The second-order valence-electron chi connectivity index (χ2n) is 3.16. The van der Waals surface area contributed by atoms with Gasteiger partial charge in [-0.2, -0.15) is 0 Å². The van der Waals surface area contributed by atoms with Crippen LogP contribution in [-0.2, 0) is 5.75 Å². The number of methoxy groups -OCH3 is 1. The first-order valence-electron chi connectivity index (χ1n) is 4.74. The fraction of sp³-hybridized carbons (Fsp3) is 0.182. The molecule has 4 nitrogen and oxygen atoms in total. The lowest BCUT2D eigenvalue weighted by Crippen LogP contribution is -1.93. The molecule has 1 heterocycles. The largest absolute Gasteiger partial charge is 0.495 e. The summed E-state index contributed by atoms with van der Waals surface area (Å²) in [5.41, 5.74) is 7.57. The summed E-state index contributed by atoms with van der Waals surface area (Å²) in [7, 11) is 1.60. The summed E-state index contributed by atoms with van der Waals surface area (Å²) in [6.07, 6.45) is 3.19. The first-order chi connectivity index (χ1) is 7.79. The molecule has 0 fully saturated rings. The number of hydrogen-bond acceptors (Lipinski definition) is 5. The van der Waals surface area contributed by atoms with Gasteiger partial charge < -0.3 is 14.9 Å². The van der Waals surface area contributed by atoms with E-state index >= 15 is 0 Å². The lowest BCUT2D eigenvalue weighted by atomic mass is 10.2. The summed E-state index contributed by atoms with van der Waals surface area (Å²) < 4.78 is 10.2. The molecule has 2 rings (SSSR count). The minimum atomic E-state index is 0.646. The van der Waals surface area contributed by atoms with E-state index in [0.717, 1.165) is 11.3 Å². The molecule has 0 aliphatic rings. The van der Waals surface area contributed by atoms with E-state index in [1.165, 1.54) is 11.8 Å². The second-order valence-corrected chi connectivity index (χ2v) is 4.09. The van der Waals surface area contributed by atoms with E-state index in [-0.39, 0.29) is 0 Å². The summed E-state index contributed by atoms with van der Waals surface area (Å²) in [5.74, 6) is 1.47. The minimum Gasteiger partial charge on any atom is -0.495 e. The van der Waals surface area contributed by atoms with Crippen LogP contribution in [0.2, 0.25) is 0 Å². The fourth-order valence-electron chi connectivity index (χ4n) is 1.30. The van der Waals surface area contributed by atoms with Crippen molar-refractivity contribution >= 4 is 17.4 Å². The van der Waals surface area contributed by atoms with Crippen LogP contribution in [0.5, 0.6) is 5.75 Å². The maximum absolute atomic E-state index is 5.81. The molecule has 1 aromatic heterocycles. The van der Waals surface area contributed by atoms with Crippen molar-refractivity contribution in [2.24, 2.45) is 0 Å². The van der Waals surface area contributed by atoms with Gasteiger partial charge in [0.05, 0.1) is 19.0 Å². The van der Waals surface area contributed by atoms with Crippen LogP contribution in [0, 0.1) is 0 Å². The van der Waals surface area contributed by atoms with Crippen molar-refractivity contribution in [2.75, 3.05) is 12.8 Å². The maximum atomic E-state index is 5.81. The molecule has 0 saturated carbocycles. The van der Waals surface area contributed by atoms with Gasteiger partial charge in [-0.25, -0.2) is 4.98 Å². The number of rotatable bonds is 4. The molecule has 0 radical (unpaired) electrons. The Hall–Kier alpha value is -1.62. The standard InChI is InChI=1S/C11H12N2O2S/c1-14-10-3-2-8(6-9(10)12)7-16-11-13-4-5-15-11/h2-6H,7,12H2,1H3. The van der Waals surface area contributed by atoms with Crippen LogP contribution in [0.4, 0.5) is 5.69 Å².